The molecule has 1 saturated carbocycles. The molecule has 39 heavy (non-hydrogen) atoms. The number of carbonyl (C=O) groups excluding carboxylic acids is 2. The van der Waals surface area contributed by atoms with Crippen molar-refractivity contribution in [2.45, 2.75) is 19.8 Å². The lowest BCUT2D eigenvalue weighted by Crippen LogP contribution is -2.35. The fraction of sp³-hybridized carbons (Fsp3) is 0.172. The van der Waals surface area contributed by atoms with E-state index < -0.39 is 23.0 Å². The second-order valence-corrected chi connectivity index (χ2v) is 9.47. The number of hydrogen-bond donors (Lipinski definition) is 3. The van der Waals surface area contributed by atoms with Gasteiger partial charge in [0.15, 0.2) is 5.75 Å². The molecule has 4 N–H and O–H groups in total. The van der Waals surface area contributed by atoms with Crippen LogP contribution < -0.4 is 21.1 Å². The Kier molecular flexibility index (Phi) is 6.84. The van der Waals surface area contributed by atoms with Crippen LogP contribution in [0.3, 0.4) is 0 Å². The highest BCUT2D eigenvalue weighted by molar-refractivity contribution is 6.16. The summed E-state index contributed by atoms with van der Waals surface area (Å²) in [5.74, 6) is -0.148. The molecule has 0 radical (unpaired) electrons. The second-order valence-electron chi connectivity index (χ2n) is 9.47. The Morgan fingerprint density at radius 2 is 1.72 bits per heavy atom. The predicted molar refractivity (Wildman–Crippen MR) is 146 cm³/mol. The number of anilines is 2. The van der Waals surface area contributed by atoms with Crippen LogP contribution in [0.2, 0.25) is 0 Å². The van der Waals surface area contributed by atoms with Crippen molar-refractivity contribution >= 4 is 29.3 Å². The molecule has 0 bridgehead atoms. The molecule has 0 aliphatic heterocycles. The van der Waals surface area contributed by atoms with Gasteiger partial charge in [-0.3, -0.25) is 14.6 Å². The summed E-state index contributed by atoms with van der Waals surface area (Å²) in [6, 6.07) is 12.5. The summed E-state index contributed by atoms with van der Waals surface area (Å²) < 4.78 is 21.2. The lowest BCUT2D eigenvalue weighted by Gasteiger charge is -2.17. The summed E-state index contributed by atoms with van der Waals surface area (Å²) >= 11 is 0. The average Bonchev–Trinajstić information content (AvgIpc) is 3.63. The number of nitrogens with two attached hydrogens (primary N) is 1. The summed E-state index contributed by atoms with van der Waals surface area (Å²) in [7, 11) is 1.89. The van der Waals surface area contributed by atoms with Gasteiger partial charge in [-0.2, -0.15) is 0 Å². The molecular formula is C29H27FN6O3. The maximum absolute atomic E-state index is 13.2. The van der Waals surface area contributed by atoms with Crippen molar-refractivity contribution in [3.63, 3.8) is 0 Å². The van der Waals surface area contributed by atoms with Crippen molar-refractivity contribution in [3.8, 4) is 22.8 Å². The van der Waals surface area contributed by atoms with E-state index in [0.717, 1.165) is 16.8 Å². The zero-order valence-electron chi connectivity index (χ0n) is 21.4. The standard InChI is InChI=1S/C29H27FN6O3/c1-18-13-22(35-28(38)29(10-11-29)27(37)34-21-5-3-20(30)4-6-21)7-8-25(18)39-26-14-19(15-32-23(26)9-12-31)24-16-36(2)17-33-24/h3-9,12-17H,10-11,31H2,1-2H3,(H,34,37)(H,35,38). The number of carbonyl (C=O) groups is 2. The minimum Gasteiger partial charge on any atom is -0.455 e. The first-order valence-corrected chi connectivity index (χ1v) is 12.3. The number of amides is 2. The fourth-order valence-corrected chi connectivity index (χ4v) is 4.13. The molecule has 9 nitrogen and oxygen atoms in total. The number of rotatable bonds is 8. The molecule has 2 aromatic heterocycles. The molecule has 2 heterocycles. The molecule has 1 aliphatic rings. The highest BCUT2D eigenvalue weighted by Gasteiger charge is 2.56. The van der Waals surface area contributed by atoms with Gasteiger partial charge in [0.2, 0.25) is 11.8 Å². The number of aromatic nitrogens is 3. The molecule has 5 rings (SSSR count). The number of imidazole rings is 1. The zero-order chi connectivity index (χ0) is 27.6. The first-order valence-electron chi connectivity index (χ1n) is 12.3. The van der Waals surface area contributed by atoms with Crippen LogP contribution in [0.15, 0.2) is 73.5 Å². The maximum Gasteiger partial charge on any atom is 0.240 e. The maximum atomic E-state index is 13.2. The SMILES string of the molecule is Cc1cc(NC(=O)C2(C(=O)Nc3ccc(F)cc3)CC2)ccc1Oc1cc(-c2cn(C)cn2)cnc1C=CN. The van der Waals surface area contributed by atoms with E-state index in [-0.39, 0.29) is 0 Å². The van der Waals surface area contributed by atoms with Gasteiger partial charge in [-0.1, -0.05) is 0 Å². The molecule has 0 spiro atoms. The van der Waals surface area contributed by atoms with E-state index in [2.05, 4.69) is 20.6 Å². The van der Waals surface area contributed by atoms with Crippen molar-refractivity contribution in [2.75, 3.05) is 10.6 Å². The Morgan fingerprint density at radius 1 is 1.03 bits per heavy atom. The van der Waals surface area contributed by atoms with E-state index in [4.69, 9.17) is 10.5 Å². The molecule has 4 aromatic rings. The summed E-state index contributed by atoms with van der Waals surface area (Å²) in [6.45, 7) is 1.85. The third-order valence-corrected chi connectivity index (χ3v) is 6.51. The summed E-state index contributed by atoms with van der Waals surface area (Å²) in [5.41, 5.74) is 8.28. The van der Waals surface area contributed by atoms with E-state index in [1.165, 1.54) is 30.5 Å². The average molecular weight is 527 g/mol. The normalized spacial score (nSPS) is 13.7. The van der Waals surface area contributed by atoms with E-state index in [0.29, 0.717) is 41.4 Å². The predicted octanol–water partition coefficient (Wildman–Crippen LogP) is 5.01. The molecule has 198 valence electrons. The minimum atomic E-state index is -1.15. The third-order valence-electron chi connectivity index (χ3n) is 6.51. The molecule has 2 amide bonds. The van der Waals surface area contributed by atoms with Gasteiger partial charge < -0.3 is 25.7 Å². The Balaban J connectivity index is 1.31. The monoisotopic (exact) mass is 526 g/mol. The molecule has 0 atom stereocenters. The first-order chi connectivity index (χ1) is 18.8. The Hall–Kier alpha value is -4.99. The summed E-state index contributed by atoms with van der Waals surface area (Å²) in [5, 5.41) is 5.56. The molecule has 1 aliphatic carbocycles. The highest BCUT2D eigenvalue weighted by Crippen LogP contribution is 2.47. The first kappa shape index (κ1) is 25.7. The van der Waals surface area contributed by atoms with Gasteiger partial charge in [0.25, 0.3) is 0 Å². The number of halogens is 1. The quantitative estimate of drug-likeness (QED) is 0.277. The van der Waals surface area contributed by atoms with Crippen molar-refractivity contribution in [2.24, 2.45) is 18.2 Å². The Morgan fingerprint density at radius 3 is 2.33 bits per heavy atom. The van der Waals surface area contributed by atoms with Gasteiger partial charge >= 0.3 is 0 Å². The Bertz CT molecular complexity index is 1570. The molecule has 0 saturated heterocycles. The summed E-state index contributed by atoms with van der Waals surface area (Å²) in [6.07, 6.45) is 9.20. The van der Waals surface area contributed by atoms with Gasteiger partial charge in [0, 0.05) is 36.4 Å². The van der Waals surface area contributed by atoms with Gasteiger partial charge in [-0.15, -0.1) is 0 Å². The van der Waals surface area contributed by atoms with E-state index in [1.54, 1.807) is 36.8 Å². The van der Waals surface area contributed by atoms with E-state index in [9.17, 15) is 14.0 Å². The number of nitrogens with zero attached hydrogens (tertiary/aromatic N) is 3. The zero-order valence-corrected chi connectivity index (χ0v) is 21.4. The van der Waals surface area contributed by atoms with Gasteiger partial charge in [0.05, 0.1) is 12.0 Å². The van der Waals surface area contributed by atoms with Crippen LogP contribution in [-0.4, -0.2) is 26.3 Å². The largest absolute Gasteiger partial charge is 0.455 e. The third kappa shape index (κ3) is 5.49. The van der Waals surface area contributed by atoms with Crippen molar-refractivity contribution in [1.29, 1.82) is 0 Å². The van der Waals surface area contributed by atoms with Crippen LogP contribution in [0.25, 0.3) is 17.3 Å². The van der Waals surface area contributed by atoms with E-state index >= 15 is 0 Å². The van der Waals surface area contributed by atoms with Gasteiger partial charge in [-0.25, -0.2) is 9.37 Å². The van der Waals surface area contributed by atoms with Crippen LogP contribution in [0.5, 0.6) is 11.5 Å². The number of benzene rings is 2. The second kappa shape index (κ2) is 10.4. The van der Waals surface area contributed by atoms with Crippen LogP contribution in [0, 0.1) is 18.2 Å². The van der Waals surface area contributed by atoms with Crippen LogP contribution in [0.4, 0.5) is 15.8 Å². The van der Waals surface area contributed by atoms with E-state index in [1.807, 2.05) is 30.8 Å². The molecule has 1 fully saturated rings. The lowest BCUT2D eigenvalue weighted by atomic mass is 10.0. The molecular weight excluding hydrogens is 499 g/mol. The molecule has 10 heteroatoms. The number of ether oxygens (including phenoxy) is 1. The van der Waals surface area contributed by atoms with Crippen molar-refractivity contribution < 1.29 is 18.7 Å². The molecule has 2 aromatic carbocycles. The number of hydrogen-bond acceptors (Lipinski definition) is 6. The van der Waals surface area contributed by atoms with Crippen molar-refractivity contribution in [3.05, 3.63) is 90.5 Å². The number of aryl methyl sites for hydroxylation is 2. The Labute approximate surface area is 224 Å². The highest BCUT2D eigenvalue weighted by atomic mass is 19.1. The van der Waals surface area contributed by atoms with Crippen LogP contribution in [0.1, 0.15) is 24.1 Å². The van der Waals surface area contributed by atoms with Crippen LogP contribution in [-0.2, 0) is 16.6 Å². The summed E-state index contributed by atoms with van der Waals surface area (Å²) in [4.78, 5) is 34.7. The minimum absolute atomic E-state index is 0.391. The van der Waals surface area contributed by atoms with Gasteiger partial charge in [-0.05, 0) is 86.1 Å². The lowest BCUT2D eigenvalue weighted by molar-refractivity contribution is -0.131. The topological polar surface area (TPSA) is 124 Å². The number of pyridine rings is 1. The van der Waals surface area contributed by atoms with Crippen LogP contribution >= 0.6 is 0 Å². The fourth-order valence-electron chi connectivity index (χ4n) is 4.13. The molecule has 0 unspecified atom stereocenters. The smallest absolute Gasteiger partial charge is 0.240 e. The van der Waals surface area contributed by atoms with Gasteiger partial charge in [0.1, 0.15) is 22.7 Å². The van der Waals surface area contributed by atoms with Crippen molar-refractivity contribution in [1.82, 2.24) is 14.5 Å². The number of nitrogens with one attached hydrogen (secondary N) is 2.